The highest BCUT2D eigenvalue weighted by molar-refractivity contribution is 5.97. The third-order valence-electron chi connectivity index (χ3n) is 2.79. The predicted molar refractivity (Wildman–Crippen MR) is 66.2 cm³/mol. The van der Waals surface area contributed by atoms with Gasteiger partial charge in [-0.2, -0.15) is 0 Å². The van der Waals surface area contributed by atoms with Crippen LogP contribution < -0.4 is 10.6 Å². The summed E-state index contributed by atoms with van der Waals surface area (Å²) in [7, 11) is 0. The van der Waals surface area contributed by atoms with Crippen molar-refractivity contribution in [3.8, 4) is 5.75 Å². The molecule has 5 nitrogen and oxygen atoms in total. The summed E-state index contributed by atoms with van der Waals surface area (Å²) in [4.78, 5) is 23.4. The maximum atomic E-state index is 11.8. The zero-order valence-electron chi connectivity index (χ0n) is 10.1. The minimum Gasteiger partial charge on any atom is -0.508 e. The Bertz CT molecular complexity index is 452. The monoisotopic (exact) mass is 248 g/mol. The van der Waals surface area contributed by atoms with Gasteiger partial charge in [0.1, 0.15) is 11.8 Å². The van der Waals surface area contributed by atoms with Crippen LogP contribution in [0.4, 0.5) is 0 Å². The number of amides is 2. The second kappa shape index (κ2) is 5.08. The number of carbonyl (C=O) groups excluding carboxylic acids is 2. The van der Waals surface area contributed by atoms with Gasteiger partial charge in [0.25, 0.3) is 5.91 Å². The Balaban J connectivity index is 1.89. The molecule has 0 spiro atoms. The van der Waals surface area contributed by atoms with Crippen LogP contribution in [-0.2, 0) is 4.79 Å². The zero-order chi connectivity index (χ0) is 13.1. The number of carbonyl (C=O) groups is 2. The van der Waals surface area contributed by atoms with E-state index in [9.17, 15) is 9.59 Å². The van der Waals surface area contributed by atoms with Crippen LogP contribution in [0.3, 0.4) is 0 Å². The van der Waals surface area contributed by atoms with Crippen LogP contribution in [0.15, 0.2) is 24.3 Å². The average molecular weight is 248 g/mol. The molecule has 96 valence electrons. The molecule has 0 radical (unpaired) electrons. The molecule has 2 rings (SSSR count). The van der Waals surface area contributed by atoms with E-state index in [0.29, 0.717) is 5.56 Å². The van der Waals surface area contributed by atoms with Crippen molar-refractivity contribution < 1.29 is 14.7 Å². The second-order valence-electron chi connectivity index (χ2n) is 4.52. The van der Waals surface area contributed by atoms with Gasteiger partial charge < -0.3 is 15.7 Å². The molecule has 1 aliphatic rings. The first-order chi connectivity index (χ1) is 8.56. The Morgan fingerprint density at radius 1 is 1.28 bits per heavy atom. The van der Waals surface area contributed by atoms with Crippen molar-refractivity contribution in [2.45, 2.75) is 31.8 Å². The van der Waals surface area contributed by atoms with E-state index in [1.54, 1.807) is 6.92 Å². The maximum Gasteiger partial charge on any atom is 0.251 e. The minimum absolute atomic E-state index is 0.103. The van der Waals surface area contributed by atoms with Crippen molar-refractivity contribution in [3.63, 3.8) is 0 Å². The largest absolute Gasteiger partial charge is 0.508 e. The third-order valence-corrected chi connectivity index (χ3v) is 2.79. The summed E-state index contributed by atoms with van der Waals surface area (Å²) in [5.41, 5.74) is 0.416. The molecule has 1 aliphatic carbocycles. The summed E-state index contributed by atoms with van der Waals surface area (Å²) in [6.45, 7) is 1.65. The number of phenolic OH excluding ortho intramolecular Hbond substituents is 1. The fraction of sp³-hybridized carbons (Fsp3) is 0.385. The Hall–Kier alpha value is -2.04. The molecular weight excluding hydrogens is 232 g/mol. The van der Waals surface area contributed by atoms with Gasteiger partial charge in [-0.25, -0.2) is 0 Å². The molecule has 1 unspecified atom stereocenters. The fourth-order valence-corrected chi connectivity index (χ4v) is 1.51. The smallest absolute Gasteiger partial charge is 0.251 e. The molecule has 1 aromatic rings. The van der Waals surface area contributed by atoms with Crippen LogP contribution in [0.1, 0.15) is 30.1 Å². The topological polar surface area (TPSA) is 78.4 Å². The molecule has 1 aromatic carbocycles. The van der Waals surface area contributed by atoms with E-state index in [4.69, 9.17) is 5.11 Å². The summed E-state index contributed by atoms with van der Waals surface area (Å²) in [5, 5.41) is 14.6. The lowest BCUT2D eigenvalue weighted by Gasteiger charge is -2.13. The van der Waals surface area contributed by atoms with E-state index in [1.165, 1.54) is 24.3 Å². The minimum atomic E-state index is -0.563. The molecule has 1 fully saturated rings. The van der Waals surface area contributed by atoms with Crippen LogP contribution in [0.2, 0.25) is 0 Å². The number of aromatic hydroxyl groups is 1. The molecule has 1 saturated carbocycles. The first-order valence-electron chi connectivity index (χ1n) is 5.96. The highest BCUT2D eigenvalue weighted by atomic mass is 16.3. The maximum absolute atomic E-state index is 11.8. The fourth-order valence-electron chi connectivity index (χ4n) is 1.51. The number of benzene rings is 1. The van der Waals surface area contributed by atoms with Gasteiger partial charge in [0.05, 0.1) is 0 Å². The number of rotatable bonds is 4. The van der Waals surface area contributed by atoms with E-state index in [-0.39, 0.29) is 23.6 Å². The van der Waals surface area contributed by atoms with Gasteiger partial charge in [-0.3, -0.25) is 9.59 Å². The summed E-state index contributed by atoms with van der Waals surface area (Å²) in [6.07, 6.45) is 2.04. The molecule has 18 heavy (non-hydrogen) atoms. The Morgan fingerprint density at radius 3 is 2.44 bits per heavy atom. The predicted octanol–water partition coefficient (Wildman–Crippen LogP) is 0.789. The Kier molecular flexibility index (Phi) is 3.50. The molecule has 2 amide bonds. The molecule has 0 aromatic heterocycles. The van der Waals surface area contributed by atoms with Crippen molar-refractivity contribution in [2.24, 2.45) is 0 Å². The van der Waals surface area contributed by atoms with Crippen molar-refractivity contribution >= 4 is 11.8 Å². The van der Waals surface area contributed by atoms with Crippen molar-refractivity contribution in [2.75, 3.05) is 0 Å². The molecule has 5 heteroatoms. The van der Waals surface area contributed by atoms with Gasteiger partial charge in [0, 0.05) is 11.6 Å². The van der Waals surface area contributed by atoms with Gasteiger partial charge in [-0.15, -0.1) is 0 Å². The van der Waals surface area contributed by atoms with Crippen molar-refractivity contribution in [1.29, 1.82) is 0 Å². The summed E-state index contributed by atoms with van der Waals surface area (Å²) in [6, 6.07) is 5.61. The Morgan fingerprint density at radius 2 is 1.89 bits per heavy atom. The number of phenols is 1. The lowest BCUT2D eigenvalue weighted by molar-refractivity contribution is -0.122. The van der Waals surface area contributed by atoms with Gasteiger partial charge in [0.2, 0.25) is 5.91 Å². The Labute approximate surface area is 105 Å². The summed E-state index contributed by atoms with van der Waals surface area (Å²) < 4.78 is 0. The number of nitrogens with one attached hydrogen (secondary N) is 2. The van der Waals surface area contributed by atoms with Crippen LogP contribution in [-0.4, -0.2) is 29.0 Å². The standard InChI is InChI=1S/C13H16N2O3/c1-8(12(17)15-10-4-5-10)14-13(18)9-2-6-11(16)7-3-9/h2-3,6-8,10,16H,4-5H2,1H3,(H,14,18)(H,15,17). The lowest BCUT2D eigenvalue weighted by atomic mass is 10.2. The molecule has 0 heterocycles. The van der Waals surface area contributed by atoms with Gasteiger partial charge in [-0.1, -0.05) is 0 Å². The van der Waals surface area contributed by atoms with E-state index in [0.717, 1.165) is 12.8 Å². The lowest BCUT2D eigenvalue weighted by Crippen LogP contribution is -2.45. The van der Waals surface area contributed by atoms with E-state index in [1.807, 2.05) is 0 Å². The van der Waals surface area contributed by atoms with Crippen molar-refractivity contribution in [1.82, 2.24) is 10.6 Å². The van der Waals surface area contributed by atoms with Gasteiger partial charge in [0.15, 0.2) is 0 Å². The van der Waals surface area contributed by atoms with E-state index < -0.39 is 6.04 Å². The highest BCUT2D eigenvalue weighted by Gasteiger charge is 2.26. The average Bonchev–Trinajstić information content (AvgIpc) is 3.13. The molecule has 0 bridgehead atoms. The first-order valence-corrected chi connectivity index (χ1v) is 5.96. The molecule has 0 saturated heterocycles. The number of hydrogen-bond acceptors (Lipinski definition) is 3. The molecular formula is C13H16N2O3. The summed E-state index contributed by atoms with van der Waals surface area (Å²) >= 11 is 0. The second-order valence-corrected chi connectivity index (χ2v) is 4.52. The van der Waals surface area contributed by atoms with E-state index >= 15 is 0 Å². The quantitative estimate of drug-likeness (QED) is 0.737. The third kappa shape index (κ3) is 3.23. The highest BCUT2D eigenvalue weighted by Crippen LogP contribution is 2.18. The van der Waals surface area contributed by atoms with Gasteiger partial charge >= 0.3 is 0 Å². The summed E-state index contributed by atoms with van der Waals surface area (Å²) in [5.74, 6) is -0.385. The molecule has 1 atom stereocenters. The SMILES string of the molecule is CC(NC(=O)c1ccc(O)cc1)C(=O)NC1CC1. The van der Waals surface area contributed by atoms with Gasteiger partial charge in [-0.05, 0) is 44.0 Å². The van der Waals surface area contributed by atoms with E-state index in [2.05, 4.69) is 10.6 Å². The zero-order valence-corrected chi connectivity index (χ0v) is 10.1. The first kappa shape index (κ1) is 12.4. The van der Waals surface area contributed by atoms with Crippen LogP contribution >= 0.6 is 0 Å². The van der Waals surface area contributed by atoms with Crippen molar-refractivity contribution in [3.05, 3.63) is 29.8 Å². The molecule has 0 aliphatic heterocycles. The van der Waals surface area contributed by atoms with Crippen LogP contribution in [0.25, 0.3) is 0 Å². The van der Waals surface area contributed by atoms with Crippen LogP contribution in [0, 0.1) is 0 Å². The van der Waals surface area contributed by atoms with Crippen LogP contribution in [0.5, 0.6) is 5.75 Å². The number of hydrogen-bond donors (Lipinski definition) is 3. The molecule has 3 N–H and O–H groups in total. The normalized spacial score (nSPS) is 15.8.